The Hall–Kier alpha value is -1.64. The summed E-state index contributed by atoms with van der Waals surface area (Å²) in [7, 11) is -0.824. The van der Waals surface area contributed by atoms with E-state index in [4.69, 9.17) is 0 Å². The molecule has 2 heterocycles. The molecule has 2 saturated heterocycles. The molecule has 0 aromatic heterocycles. The second kappa shape index (κ2) is 13.8. The largest absolute Gasteiger partial charge is 0.370 e. The fourth-order valence-electron chi connectivity index (χ4n) is 1.81. The van der Waals surface area contributed by atoms with Crippen LogP contribution in [-0.2, 0) is 24.2 Å². The summed E-state index contributed by atoms with van der Waals surface area (Å²) in [5.74, 6) is -0.0417. The molecule has 24 heavy (non-hydrogen) atoms. The number of primary amides is 1. The molecule has 0 unspecified atom stereocenters. The number of carbonyl (C=O) groups is 3. The minimum absolute atomic E-state index is 0.292. The summed E-state index contributed by atoms with van der Waals surface area (Å²) < 4.78 is 19.3. The molecule has 2 aliphatic rings. The lowest BCUT2D eigenvalue weighted by Gasteiger charge is -2.21. The van der Waals surface area contributed by atoms with Crippen LogP contribution in [0, 0.1) is 0 Å². The van der Waals surface area contributed by atoms with Crippen molar-refractivity contribution in [3.8, 4) is 0 Å². The van der Waals surface area contributed by atoms with E-state index in [1.54, 1.807) is 4.90 Å². The third kappa shape index (κ3) is 22.6. The van der Waals surface area contributed by atoms with Crippen LogP contribution < -0.4 is 5.73 Å². The Morgan fingerprint density at radius 3 is 1.67 bits per heavy atom. The lowest BCUT2D eigenvalue weighted by molar-refractivity contribution is -0.126. The zero-order valence-electron chi connectivity index (χ0n) is 15.2. The van der Waals surface area contributed by atoms with E-state index < -0.39 is 9.84 Å². The predicted octanol–water partition coefficient (Wildman–Crippen LogP) is 0.0197. The predicted molar refractivity (Wildman–Crippen MR) is 94.0 cm³/mol. The maximum absolute atomic E-state index is 10.5. The number of hydrogen-bond donors (Lipinski definition) is 1. The van der Waals surface area contributed by atoms with Gasteiger partial charge in [-0.1, -0.05) is 0 Å². The van der Waals surface area contributed by atoms with Gasteiger partial charge in [0.2, 0.25) is 18.2 Å². The lowest BCUT2D eigenvalue weighted by Crippen LogP contribution is -2.27. The molecule has 0 radical (unpaired) electrons. The lowest BCUT2D eigenvalue weighted by atomic mass is 10.1. The molecule has 0 bridgehead atoms. The number of sulfone groups is 1. The topological polar surface area (TPSA) is 118 Å². The van der Waals surface area contributed by atoms with Crippen molar-refractivity contribution in [3.05, 3.63) is 0 Å². The van der Waals surface area contributed by atoms with Crippen LogP contribution in [0.4, 0.5) is 0 Å². The van der Waals surface area contributed by atoms with Crippen molar-refractivity contribution in [2.75, 3.05) is 39.2 Å². The Morgan fingerprint density at radius 2 is 1.50 bits per heavy atom. The van der Waals surface area contributed by atoms with Crippen molar-refractivity contribution in [1.29, 1.82) is 0 Å². The van der Waals surface area contributed by atoms with Crippen LogP contribution in [0.1, 0.15) is 39.0 Å². The molecule has 8 nitrogen and oxygen atoms in total. The minimum atomic E-state index is -2.67. The van der Waals surface area contributed by atoms with Crippen LogP contribution in [0.15, 0.2) is 0 Å². The number of piperidine rings is 1. The number of rotatable bonds is 1. The van der Waals surface area contributed by atoms with E-state index >= 15 is 0 Å². The van der Waals surface area contributed by atoms with E-state index in [2.05, 4.69) is 5.73 Å². The van der Waals surface area contributed by atoms with E-state index in [1.807, 2.05) is 11.9 Å². The SMILES string of the molecule is CC(N)=O.CN1CCCC1=O.CS(C)(=O)=O.O=CN1CCCCC1. The van der Waals surface area contributed by atoms with E-state index in [-0.39, 0.29) is 5.91 Å². The van der Waals surface area contributed by atoms with Gasteiger partial charge in [0.05, 0.1) is 0 Å². The van der Waals surface area contributed by atoms with Gasteiger partial charge >= 0.3 is 0 Å². The number of amides is 3. The smallest absolute Gasteiger partial charge is 0.222 e. The van der Waals surface area contributed by atoms with Gasteiger partial charge in [-0.2, -0.15) is 0 Å². The molecule has 0 saturated carbocycles. The fraction of sp³-hybridized carbons (Fsp3) is 0.800. The third-order valence-electron chi connectivity index (χ3n) is 2.85. The zero-order chi connectivity index (χ0) is 19.2. The van der Waals surface area contributed by atoms with E-state index in [9.17, 15) is 22.8 Å². The van der Waals surface area contributed by atoms with E-state index in [0.29, 0.717) is 5.91 Å². The van der Waals surface area contributed by atoms with Gasteiger partial charge in [-0.3, -0.25) is 14.4 Å². The van der Waals surface area contributed by atoms with Gasteiger partial charge in [-0.15, -0.1) is 0 Å². The van der Waals surface area contributed by atoms with Gasteiger partial charge < -0.3 is 15.5 Å². The van der Waals surface area contributed by atoms with Gasteiger partial charge in [0, 0.05) is 52.5 Å². The maximum atomic E-state index is 10.5. The molecule has 0 spiro atoms. The highest BCUT2D eigenvalue weighted by atomic mass is 32.2. The van der Waals surface area contributed by atoms with Gasteiger partial charge in [0.15, 0.2) is 0 Å². The molecular formula is C15H31N3O5S. The first-order chi connectivity index (χ1) is 11.0. The molecular weight excluding hydrogens is 334 g/mol. The summed E-state index contributed by atoms with van der Waals surface area (Å²) in [5, 5.41) is 0. The Kier molecular flexibility index (Phi) is 14.1. The summed E-state index contributed by atoms with van der Waals surface area (Å²) in [4.78, 5) is 33.4. The van der Waals surface area contributed by atoms with Crippen LogP contribution in [0.5, 0.6) is 0 Å². The summed E-state index contributed by atoms with van der Waals surface area (Å²) in [6.07, 6.45) is 8.76. The molecule has 2 rings (SSSR count). The quantitative estimate of drug-likeness (QED) is 0.657. The molecule has 2 aliphatic heterocycles. The summed E-state index contributed by atoms with van der Waals surface area (Å²) in [6.45, 7) is 4.21. The van der Waals surface area contributed by atoms with Gasteiger partial charge in [-0.05, 0) is 25.7 Å². The highest BCUT2D eigenvalue weighted by molar-refractivity contribution is 7.89. The van der Waals surface area contributed by atoms with Crippen molar-refractivity contribution < 1.29 is 22.8 Å². The average Bonchev–Trinajstić information content (AvgIpc) is 2.82. The fourth-order valence-corrected chi connectivity index (χ4v) is 1.81. The summed E-state index contributed by atoms with van der Waals surface area (Å²) >= 11 is 0. The first kappa shape index (κ1) is 24.6. The summed E-state index contributed by atoms with van der Waals surface area (Å²) in [6, 6.07) is 0. The first-order valence-corrected chi connectivity index (χ1v) is 10.1. The summed E-state index contributed by atoms with van der Waals surface area (Å²) in [5.41, 5.74) is 4.47. The molecule has 2 N–H and O–H groups in total. The van der Waals surface area contributed by atoms with E-state index in [0.717, 1.165) is 51.4 Å². The monoisotopic (exact) mass is 365 g/mol. The number of nitrogens with two attached hydrogens (primary N) is 1. The van der Waals surface area contributed by atoms with E-state index in [1.165, 1.54) is 26.2 Å². The highest BCUT2D eigenvalue weighted by Gasteiger charge is 2.14. The minimum Gasteiger partial charge on any atom is -0.370 e. The van der Waals surface area contributed by atoms with Crippen molar-refractivity contribution in [2.45, 2.75) is 39.0 Å². The van der Waals surface area contributed by atoms with Gasteiger partial charge in [-0.25, -0.2) is 8.42 Å². The standard InChI is InChI=1S/C6H11NO.C5H9NO.C2H5NO.C2H6O2S/c8-6-7-4-2-1-3-5-7;1-6-4-2-3-5(6)7;1-2(3)4;1-5(2,3)4/h6H,1-5H2;2-4H2,1H3;1H3,(H2,3,4);1-2H3. The second-order valence-corrected chi connectivity index (χ2v) is 8.16. The molecule has 0 aromatic carbocycles. The Labute approximate surface area is 145 Å². The van der Waals surface area contributed by atoms with Crippen LogP contribution in [0.25, 0.3) is 0 Å². The second-order valence-electron chi connectivity index (χ2n) is 5.87. The molecule has 0 atom stereocenters. The molecule has 0 aliphatic carbocycles. The van der Waals surface area contributed by atoms with Crippen LogP contribution >= 0.6 is 0 Å². The van der Waals surface area contributed by atoms with Crippen LogP contribution in [-0.4, -0.2) is 75.6 Å². The normalized spacial score (nSPS) is 16.6. The average molecular weight is 365 g/mol. The zero-order valence-corrected chi connectivity index (χ0v) is 16.0. The molecule has 0 aromatic rings. The van der Waals surface area contributed by atoms with Crippen LogP contribution in [0.3, 0.4) is 0 Å². The number of carbonyl (C=O) groups excluding carboxylic acids is 3. The van der Waals surface area contributed by atoms with Crippen LogP contribution in [0.2, 0.25) is 0 Å². The number of nitrogens with zero attached hydrogens (tertiary/aromatic N) is 2. The van der Waals surface area contributed by atoms with Gasteiger partial charge in [0.1, 0.15) is 9.84 Å². The Bertz CT molecular complexity index is 462. The maximum Gasteiger partial charge on any atom is 0.222 e. The Morgan fingerprint density at radius 1 is 1.08 bits per heavy atom. The third-order valence-corrected chi connectivity index (χ3v) is 2.85. The van der Waals surface area contributed by atoms with Crippen molar-refractivity contribution in [1.82, 2.24) is 9.80 Å². The molecule has 142 valence electrons. The van der Waals surface area contributed by atoms with Crippen molar-refractivity contribution in [2.24, 2.45) is 5.73 Å². The highest BCUT2D eigenvalue weighted by Crippen LogP contribution is 2.05. The molecule has 9 heteroatoms. The number of likely N-dealkylation sites (tertiary alicyclic amines) is 2. The Balaban J connectivity index is 0. The first-order valence-electron chi connectivity index (χ1n) is 7.81. The van der Waals surface area contributed by atoms with Crippen molar-refractivity contribution >= 4 is 28.1 Å². The molecule has 2 fully saturated rings. The van der Waals surface area contributed by atoms with Crippen molar-refractivity contribution in [3.63, 3.8) is 0 Å². The number of hydrogen-bond acceptors (Lipinski definition) is 5. The van der Waals surface area contributed by atoms with Gasteiger partial charge in [0.25, 0.3) is 0 Å². The molecule has 3 amide bonds.